The number of nitrogens with zero attached hydrogens (tertiary/aromatic N) is 1. The maximum atomic E-state index is 6.18. The highest BCUT2D eigenvalue weighted by molar-refractivity contribution is 7.98. The molecule has 0 aliphatic heterocycles. The zero-order valence-corrected chi connectivity index (χ0v) is 9.10. The van der Waals surface area contributed by atoms with Gasteiger partial charge >= 0.3 is 0 Å². The van der Waals surface area contributed by atoms with Gasteiger partial charge in [-0.15, -0.1) is 11.8 Å². The molecule has 0 aliphatic rings. The highest BCUT2D eigenvalue weighted by Crippen LogP contribution is 2.33. The number of hydrogen-bond acceptors (Lipinski definition) is 3. The molecule has 0 saturated carbocycles. The van der Waals surface area contributed by atoms with Crippen molar-refractivity contribution < 1.29 is 4.42 Å². The van der Waals surface area contributed by atoms with E-state index >= 15 is 0 Å². The van der Waals surface area contributed by atoms with Crippen LogP contribution in [-0.2, 0) is 0 Å². The molecule has 14 heavy (non-hydrogen) atoms. The summed E-state index contributed by atoms with van der Waals surface area (Å²) < 4.78 is 5.20. The van der Waals surface area contributed by atoms with Gasteiger partial charge in [-0.3, -0.25) is 0 Å². The van der Waals surface area contributed by atoms with Crippen molar-refractivity contribution in [2.45, 2.75) is 4.90 Å². The van der Waals surface area contributed by atoms with Crippen molar-refractivity contribution in [3.05, 3.63) is 35.7 Å². The predicted octanol–water partition coefficient (Wildman–Crippen LogP) is 3.72. The van der Waals surface area contributed by atoms with Gasteiger partial charge in [0.2, 0.25) is 5.89 Å². The van der Waals surface area contributed by atoms with Crippen LogP contribution in [0.25, 0.3) is 11.5 Å². The fraction of sp³-hybridized carbons (Fsp3) is 0.100. The third kappa shape index (κ3) is 1.65. The van der Waals surface area contributed by atoms with Crippen LogP contribution in [-0.4, -0.2) is 11.2 Å². The van der Waals surface area contributed by atoms with E-state index in [4.69, 9.17) is 16.0 Å². The minimum atomic E-state index is 0.561. The molecule has 0 spiro atoms. The Morgan fingerprint density at radius 1 is 1.43 bits per heavy atom. The summed E-state index contributed by atoms with van der Waals surface area (Å²) in [5.41, 5.74) is 0.837. The van der Waals surface area contributed by atoms with Crippen LogP contribution in [0.3, 0.4) is 0 Å². The number of aromatic nitrogens is 1. The fourth-order valence-corrected chi connectivity index (χ4v) is 2.13. The molecule has 0 fully saturated rings. The zero-order chi connectivity index (χ0) is 9.97. The first-order valence-electron chi connectivity index (χ1n) is 4.05. The molecule has 1 aromatic carbocycles. The minimum absolute atomic E-state index is 0.561. The second-order valence-electron chi connectivity index (χ2n) is 2.66. The van der Waals surface area contributed by atoms with E-state index in [0.29, 0.717) is 10.9 Å². The van der Waals surface area contributed by atoms with E-state index in [1.54, 1.807) is 18.0 Å². The Kier molecular flexibility index (Phi) is 2.79. The molecule has 1 aromatic heterocycles. The van der Waals surface area contributed by atoms with Crippen molar-refractivity contribution in [1.82, 2.24) is 4.98 Å². The summed E-state index contributed by atoms with van der Waals surface area (Å²) in [5.74, 6) is 0.561. The molecule has 0 bridgehead atoms. The van der Waals surface area contributed by atoms with Gasteiger partial charge in [-0.2, -0.15) is 0 Å². The van der Waals surface area contributed by atoms with Gasteiger partial charge in [-0.05, 0) is 18.4 Å². The van der Waals surface area contributed by atoms with Crippen LogP contribution in [0.15, 0.2) is 40.0 Å². The summed E-state index contributed by atoms with van der Waals surface area (Å²) in [6.07, 6.45) is 5.13. The van der Waals surface area contributed by atoms with Crippen LogP contribution in [0.5, 0.6) is 0 Å². The Balaban J connectivity index is 2.54. The van der Waals surface area contributed by atoms with Crippen LogP contribution < -0.4 is 0 Å². The van der Waals surface area contributed by atoms with E-state index in [-0.39, 0.29) is 0 Å². The van der Waals surface area contributed by atoms with Crippen molar-refractivity contribution in [2.24, 2.45) is 0 Å². The highest BCUT2D eigenvalue weighted by atomic mass is 35.5. The third-order valence-corrected chi connectivity index (χ3v) is 3.15. The summed E-state index contributed by atoms with van der Waals surface area (Å²) in [4.78, 5) is 5.09. The molecule has 0 radical (unpaired) electrons. The molecule has 2 aromatic rings. The van der Waals surface area contributed by atoms with Crippen LogP contribution >= 0.6 is 23.4 Å². The number of benzene rings is 1. The average Bonchev–Trinajstić information content (AvgIpc) is 2.71. The molecule has 0 aliphatic carbocycles. The number of oxazole rings is 1. The summed E-state index contributed by atoms with van der Waals surface area (Å²) in [5, 5.41) is 0.697. The van der Waals surface area contributed by atoms with Gasteiger partial charge in [0.1, 0.15) is 6.26 Å². The lowest BCUT2D eigenvalue weighted by Crippen LogP contribution is -1.81. The molecular formula is C10H8ClNOS. The lowest BCUT2D eigenvalue weighted by molar-refractivity contribution is 0.574. The van der Waals surface area contributed by atoms with Gasteiger partial charge < -0.3 is 4.42 Å². The summed E-state index contributed by atoms with van der Waals surface area (Å²) in [6, 6.07) is 5.81. The second-order valence-corrected chi connectivity index (χ2v) is 3.89. The van der Waals surface area contributed by atoms with Crippen LogP contribution in [0.4, 0.5) is 0 Å². The Morgan fingerprint density at radius 3 is 2.93 bits per heavy atom. The largest absolute Gasteiger partial charge is 0.444 e. The van der Waals surface area contributed by atoms with Gasteiger partial charge in [0, 0.05) is 4.90 Å². The van der Waals surface area contributed by atoms with E-state index in [1.165, 1.54) is 6.26 Å². The van der Waals surface area contributed by atoms with E-state index < -0.39 is 0 Å². The number of thioether (sulfide) groups is 1. The fourth-order valence-electron chi connectivity index (χ4n) is 1.19. The molecule has 0 N–H and O–H groups in total. The monoisotopic (exact) mass is 225 g/mol. The second kappa shape index (κ2) is 4.07. The van der Waals surface area contributed by atoms with E-state index in [9.17, 15) is 0 Å². The summed E-state index contributed by atoms with van der Waals surface area (Å²) in [6.45, 7) is 0. The lowest BCUT2D eigenvalue weighted by Gasteiger charge is -2.03. The molecule has 0 atom stereocenters. The molecule has 2 nitrogen and oxygen atoms in total. The van der Waals surface area contributed by atoms with Gasteiger partial charge in [0.25, 0.3) is 0 Å². The topological polar surface area (TPSA) is 26.0 Å². The predicted molar refractivity (Wildman–Crippen MR) is 58.7 cm³/mol. The standard InChI is InChI=1S/C10H8ClNOS/c1-14-8-4-2-3-7(9(8)11)10-12-5-6-13-10/h2-6H,1H3. The van der Waals surface area contributed by atoms with Crippen molar-refractivity contribution in [3.63, 3.8) is 0 Å². The maximum absolute atomic E-state index is 6.18. The Labute approximate surface area is 91.3 Å². The highest BCUT2D eigenvalue weighted by Gasteiger charge is 2.10. The van der Waals surface area contributed by atoms with E-state index in [2.05, 4.69) is 4.98 Å². The molecule has 1 heterocycles. The Bertz CT molecular complexity index is 428. The Morgan fingerprint density at radius 2 is 2.29 bits per heavy atom. The number of rotatable bonds is 2. The smallest absolute Gasteiger partial charge is 0.227 e. The van der Waals surface area contributed by atoms with Crippen LogP contribution in [0.2, 0.25) is 5.02 Å². The summed E-state index contributed by atoms with van der Waals surface area (Å²) >= 11 is 7.78. The van der Waals surface area contributed by atoms with E-state index in [0.717, 1.165) is 10.5 Å². The van der Waals surface area contributed by atoms with Gasteiger partial charge in [0.05, 0.1) is 16.8 Å². The van der Waals surface area contributed by atoms with Crippen molar-refractivity contribution in [1.29, 1.82) is 0 Å². The normalized spacial score (nSPS) is 10.4. The van der Waals surface area contributed by atoms with Gasteiger partial charge in [-0.1, -0.05) is 17.7 Å². The molecule has 0 saturated heterocycles. The first-order chi connectivity index (χ1) is 6.83. The first-order valence-corrected chi connectivity index (χ1v) is 5.65. The SMILES string of the molecule is CSc1cccc(-c2ncco2)c1Cl. The average molecular weight is 226 g/mol. The third-order valence-electron chi connectivity index (χ3n) is 1.85. The van der Waals surface area contributed by atoms with Crippen molar-refractivity contribution in [2.75, 3.05) is 6.26 Å². The van der Waals surface area contributed by atoms with Crippen molar-refractivity contribution in [3.8, 4) is 11.5 Å². The molecule has 72 valence electrons. The molecular weight excluding hydrogens is 218 g/mol. The number of halogens is 1. The molecule has 2 rings (SSSR count). The minimum Gasteiger partial charge on any atom is -0.444 e. The van der Waals surface area contributed by atoms with Crippen LogP contribution in [0, 0.1) is 0 Å². The molecule has 0 unspecified atom stereocenters. The maximum Gasteiger partial charge on any atom is 0.227 e. The molecule has 0 amide bonds. The first kappa shape index (κ1) is 9.62. The lowest BCUT2D eigenvalue weighted by atomic mass is 10.2. The van der Waals surface area contributed by atoms with Crippen LogP contribution in [0.1, 0.15) is 0 Å². The Hall–Kier alpha value is -0.930. The molecule has 4 heteroatoms. The van der Waals surface area contributed by atoms with Gasteiger partial charge in [-0.25, -0.2) is 4.98 Å². The zero-order valence-electron chi connectivity index (χ0n) is 7.53. The number of hydrogen-bond donors (Lipinski definition) is 0. The summed E-state index contributed by atoms with van der Waals surface area (Å²) in [7, 11) is 0. The van der Waals surface area contributed by atoms with E-state index in [1.807, 2.05) is 24.5 Å². The van der Waals surface area contributed by atoms with Gasteiger partial charge in [0.15, 0.2) is 0 Å². The quantitative estimate of drug-likeness (QED) is 0.729. The van der Waals surface area contributed by atoms with Crippen molar-refractivity contribution >= 4 is 23.4 Å².